The summed E-state index contributed by atoms with van der Waals surface area (Å²) in [6.45, 7) is 3.19. The molecule has 0 amide bonds. The number of carboxylic acid groups (broad SMARTS) is 1. The summed E-state index contributed by atoms with van der Waals surface area (Å²) >= 11 is 0. The summed E-state index contributed by atoms with van der Waals surface area (Å²) in [6, 6.07) is 0. The zero-order valence-corrected chi connectivity index (χ0v) is 20.0. The van der Waals surface area contributed by atoms with Crippen LogP contribution in [-0.2, 0) is 14.3 Å². The highest BCUT2D eigenvalue weighted by Crippen LogP contribution is 2.11. The highest BCUT2D eigenvalue weighted by atomic mass is 16.5. The summed E-state index contributed by atoms with van der Waals surface area (Å²) in [7, 11) is 3.87. The molecule has 5 heteroatoms. The molecule has 0 spiro atoms. The summed E-state index contributed by atoms with van der Waals surface area (Å²) in [4.78, 5) is 22.3. The van der Waals surface area contributed by atoms with Crippen molar-refractivity contribution in [3.8, 4) is 0 Å². The van der Waals surface area contributed by atoms with Crippen molar-refractivity contribution in [3.63, 3.8) is 0 Å². The van der Waals surface area contributed by atoms with E-state index in [2.05, 4.69) is 19.1 Å². The van der Waals surface area contributed by atoms with Gasteiger partial charge in [0.05, 0.1) is 20.6 Å². The highest BCUT2D eigenvalue weighted by Gasteiger charge is 2.17. The number of carbonyl (C=O) groups excluding carboxylic acids is 2. The van der Waals surface area contributed by atoms with Crippen LogP contribution >= 0.6 is 0 Å². The van der Waals surface area contributed by atoms with Gasteiger partial charge in [-0.05, 0) is 38.5 Å². The number of allylic oxidation sites excluding steroid dienone is 2. The quantitative estimate of drug-likeness (QED) is 0.0840. The first-order chi connectivity index (χ1) is 14.4. The topological polar surface area (TPSA) is 66.4 Å². The molecule has 0 radical (unpaired) electrons. The number of carbonyl (C=O) groups is 2. The lowest BCUT2D eigenvalue weighted by molar-refractivity contribution is -0.907. The van der Waals surface area contributed by atoms with E-state index in [0.29, 0.717) is 23.9 Å². The lowest BCUT2D eigenvalue weighted by atomic mass is 10.1. The van der Waals surface area contributed by atoms with E-state index >= 15 is 0 Å². The van der Waals surface area contributed by atoms with Crippen LogP contribution in [0.15, 0.2) is 12.2 Å². The number of esters is 1. The molecule has 0 aliphatic heterocycles. The van der Waals surface area contributed by atoms with E-state index in [4.69, 9.17) is 4.74 Å². The van der Waals surface area contributed by atoms with Gasteiger partial charge in [0, 0.05) is 18.8 Å². The Morgan fingerprint density at radius 2 is 1.30 bits per heavy atom. The molecular weight excluding hydrogens is 378 g/mol. The molecule has 0 heterocycles. The molecule has 0 aliphatic carbocycles. The molecule has 0 aromatic rings. The van der Waals surface area contributed by atoms with Gasteiger partial charge < -0.3 is 14.6 Å². The van der Waals surface area contributed by atoms with E-state index in [0.717, 1.165) is 12.8 Å². The van der Waals surface area contributed by atoms with Gasteiger partial charge in [0.1, 0.15) is 0 Å². The van der Waals surface area contributed by atoms with Crippen molar-refractivity contribution in [3.05, 3.63) is 12.2 Å². The van der Waals surface area contributed by atoms with Gasteiger partial charge >= 0.3 is 5.97 Å². The van der Waals surface area contributed by atoms with Crippen molar-refractivity contribution in [2.45, 2.75) is 110 Å². The number of aliphatic carboxylic acids is 1. The van der Waals surface area contributed by atoms with Crippen LogP contribution in [0.3, 0.4) is 0 Å². The van der Waals surface area contributed by atoms with Crippen LogP contribution < -0.4 is 5.11 Å². The first-order valence-corrected chi connectivity index (χ1v) is 12.2. The minimum atomic E-state index is -1.03. The second-order valence-electron chi connectivity index (χ2n) is 9.11. The van der Waals surface area contributed by atoms with Crippen molar-refractivity contribution >= 4 is 11.9 Å². The lowest BCUT2D eigenvalue weighted by Crippen LogP contribution is -2.43. The van der Waals surface area contributed by atoms with Crippen molar-refractivity contribution < 1.29 is 23.9 Å². The summed E-state index contributed by atoms with van der Waals surface area (Å²) in [6.07, 6.45) is 21.8. The Balaban J connectivity index is 3.46. The Morgan fingerprint density at radius 3 is 1.87 bits per heavy atom. The van der Waals surface area contributed by atoms with E-state index in [1.165, 1.54) is 70.6 Å². The fourth-order valence-corrected chi connectivity index (χ4v) is 3.37. The molecule has 0 saturated heterocycles. The number of nitrogens with zero attached hydrogens (tertiary/aromatic N) is 1. The Morgan fingerprint density at radius 1 is 0.767 bits per heavy atom. The van der Waals surface area contributed by atoms with Crippen LogP contribution in [0.2, 0.25) is 0 Å². The van der Waals surface area contributed by atoms with E-state index in [1.54, 1.807) is 0 Å². The van der Waals surface area contributed by atoms with Gasteiger partial charge in [-0.1, -0.05) is 70.4 Å². The number of rotatable bonds is 21. The molecule has 176 valence electrons. The van der Waals surface area contributed by atoms with Gasteiger partial charge in [-0.15, -0.1) is 0 Å². The maximum absolute atomic E-state index is 11.9. The van der Waals surface area contributed by atoms with Crippen LogP contribution in [0.5, 0.6) is 0 Å². The average Bonchev–Trinajstić information content (AvgIpc) is 2.69. The zero-order valence-electron chi connectivity index (χ0n) is 20.0. The van der Waals surface area contributed by atoms with Gasteiger partial charge in [-0.25, -0.2) is 0 Å². The van der Waals surface area contributed by atoms with E-state index in [1.807, 2.05) is 14.1 Å². The van der Waals surface area contributed by atoms with Crippen LogP contribution in [0.1, 0.15) is 110 Å². The average molecular weight is 426 g/mol. The Labute approximate surface area is 185 Å². The normalized spacial score (nSPS) is 11.8. The number of quaternary nitrogens is 1. The molecule has 0 bridgehead atoms. The predicted octanol–water partition coefficient (Wildman–Crippen LogP) is 5.13. The van der Waals surface area contributed by atoms with Crippen LogP contribution in [-0.4, -0.2) is 43.8 Å². The first kappa shape index (κ1) is 28.6. The van der Waals surface area contributed by atoms with Crippen LogP contribution in [0, 0.1) is 0 Å². The minimum absolute atomic E-state index is 0.0462. The standard InChI is InChI=1S/C25H47NO4/c1-4-5-6-7-8-9-10-11-12-13-14-15-16-17-18-21-25(29)30-23-26(2,3)22-19-20-24(27)28/h11-12H,4-10,13-23H2,1-3H3/b12-11-. The minimum Gasteiger partial charge on any atom is -0.550 e. The van der Waals surface area contributed by atoms with Gasteiger partial charge in [0.25, 0.3) is 0 Å². The Bertz CT molecular complexity index is 460. The molecule has 0 aliphatic rings. The van der Waals surface area contributed by atoms with E-state index in [-0.39, 0.29) is 19.1 Å². The predicted molar refractivity (Wildman–Crippen MR) is 122 cm³/mol. The molecule has 5 nitrogen and oxygen atoms in total. The molecule has 0 unspecified atom stereocenters. The van der Waals surface area contributed by atoms with Gasteiger partial charge in [0.2, 0.25) is 6.73 Å². The maximum Gasteiger partial charge on any atom is 0.310 e. The number of hydrogen-bond donors (Lipinski definition) is 0. The SMILES string of the molecule is CCCCCCCC/C=C\CCCCCCCC(=O)OC[N+](C)(C)CCCC(=O)[O-]. The van der Waals surface area contributed by atoms with Gasteiger partial charge in [-0.3, -0.25) is 9.28 Å². The van der Waals surface area contributed by atoms with Crippen LogP contribution in [0.25, 0.3) is 0 Å². The number of ether oxygens (including phenoxy) is 1. The highest BCUT2D eigenvalue weighted by molar-refractivity contribution is 5.69. The van der Waals surface area contributed by atoms with E-state index in [9.17, 15) is 14.7 Å². The molecule has 0 rings (SSSR count). The molecule has 0 fully saturated rings. The van der Waals surface area contributed by atoms with Crippen molar-refractivity contribution in [2.24, 2.45) is 0 Å². The van der Waals surface area contributed by atoms with Crippen molar-refractivity contribution in [1.82, 2.24) is 0 Å². The third kappa shape index (κ3) is 21.4. The smallest absolute Gasteiger partial charge is 0.310 e. The van der Waals surface area contributed by atoms with Gasteiger partial charge in [0.15, 0.2) is 0 Å². The monoisotopic (exact) mass is 425 g/mol. The summed E-state index contributed by atoms with van der Waals surface area (Å²) in [5.74, 6) is -1.19. The fourth-order valence-electron chi connectivity index (χ4n) is 3.37. The van der Waals surface area contributed by atoms with Crippen molar-refractivity contribution in [2.75, 3.05) is 27.4 Å². The van der Waals surface area contributed by atoms with Crippen molar-refractivity contribution in [1.29, 1.82) is 0 Å². The lowest BCUT2D eigenvalue weighted by Gasteiger charge is -2.28. The second kappa shape index (κ2) is 19.6. The molecule has 0 aromatic carbocycles. The molecule has 0 aromatic heterocycles. The Kier molecular flexibility index (Phi) is 18.7. The Hall–Kier alpha value is -1.36. The summed E-state index contributed by atoms with van der Waals surface area (Å²) in [5, 5.41) is 10.5. The zero-order chi connectivity index (χ0) is 22.5. The number of unbranched alkanes of at least 4 members (excludes halogenated alkanes) is 11. The first-order valence-electron chi connectivity index (χ1n) is 12.2. The van der Waals surface area contributed by atoms with Gasteiger partial charge in [-0.2, -0.15) is 0 Å². The molecule has 0 atom stereocenters. The number of hydrogen-bond acceptors (Lipinski definition) is 4. The summed E-state index contributed by atoms with van der Waals surface area (Å²) in [5.41, 5.74) is 0. The summed E-state index contributed by atoms with van der Waals surface area (Å²) < 4.78 is 5.82. The molecular formula is C25H47NO4. The second-order valence-corrected chi connectivity index (χ2v) is 9.11. The largest absolute Gasteiger partial charge is 0.550 e. The maximum atomic E-state index is 11.9. The van der Waals surface area contributed by atoms with Crippen LogP contribution in [0.4, 0.5) is 0 Å². The third-order valence-electron chi connectivity index (χ3n) is 5.36. The molecule has 30 heavy (non-hydrogen) atoms. The van der Waals surface area contributed by atoms with E-state index < -0.39 is 5.97 Å². The number of carboxylic acids is 1. The molecule has 0 N–H and O–H groups in total. The fraction of sp³-hybridized carbons (Fsp3) is 0.840. The third-order valence-corrected chi connectivity index (χ3v) is 5.36. The molecule has 0 saturated carbocycles.